The molecule has 4 nitrogen and oxygen atoms in total. The number of halogens is 1. The summed E-state index contributed by atoms with van der Waals surface area (Å²) >= 11 is 5.17. The van der Waals surface area contributed by atoms with E-state index in [4.69, 9.17) is 0 Å². The summed E-state index contributed by atoms with van der Waals surface area (Å²) in [6, 6.07) is 2.29. The van der Waals surface area contributed by atoms with Crippen molar-refractivity contribution in [2.45, 2.75) is 13.0 Å². The van der Waals surface area contributed by atoms with Crippen LogP contribution in [0.4, 0.5) is 0 Å². The lowest BCUT2D eigenvalue weighted by molar-refractivity contribution is 0.569. The Morgan fingerprint density at radius 1 is 1.62 bits per heavy atom. The predicted octanol–water partition coefficient (Wildman–Crippen LogP) is 2.34. The molecule has 0 radical (unpaired) electrons. The smallest absolute Gasteiger partial charge is 0.0798 e. The molecule has 0 saturated heterocycles. The Labute approximate surface area is 107 Å². The van der Waals surface area contributed by atoms with E-state index in [-0.39, 0.29) is 6.04 Å². The third-order valence-electron chi connectivity index (χ3n) is 2.37. The number of aromatic nitrogens is 3. The van der Waals surface area contributed by atoms with Gasteiger partial charge in [0.2, 0.25) is 0 Å². The van der Waals surface area contributed by atoms with Gasteiger partial charge in [-0.1, -0.05) is 12.1 Å². The fraction of sp³-hybridized carbons (Fsp3) is 0.400. The van der Waals surface area contributed by atoms with Gasteiger partial charge in [0.15, 0.2) is 0 Å². The number of rotatable bonds is 4. The highest BCUT2D eigenvalue weighted by molar-refractivity contribution is 9.11. The maximum absolute atomic E-state index is 3.97. The topological polar surface area (TPSA) is 42.7 Å². The second-order valence-corrected chi connectivity index (χ2v) is 5.75. The summed E-state index contributed by atoms with van der Waals surface area (Å²) in [5, 5.41) is 13.5. The van der Waals surface area contributed by atoms with Crippen molar-refractivity contribution in [1.29, 1.82) is 0 Å². The van der Waals surface area contributed by atoms with E-state index in [2.05, 4.69) is 49.9 Å². The van der Waals surface area contributed by atoms with Gasteiger partial charge in [0.1, 0.15) is 0 Å². The van der Waals surface area contributed by atoms with Gasteiger partial charge in [-0.15, -0.1) is 16.4 Å². The number of nitrogens with one attached hydrogen (secondary N) is 1. The first kappa shape index (κ1) is 11.8. The van der Waals surface area contributed by atoms with E-state index in [1.807, 2.05) is 7.05 Å². The van der Waals surface area contributed by atoms with Gasteiger partial charge < -0.3 is 5.32 Å². The van der Waals surface area contributed by atoms with Crippen molar-refractivity contribution in [2.75, 3.05) is 6.54 Å². The van der Waals surface area contributed by atoms with Crippen LogP contribution < -0.4 is 5.32 Å². The molecule has 0 aliphatic carbocycles. The number of hydrogen-bond donors (Lipinski definition) is 1. The molecule has 0 spiro atoms. The minimum Gasteiger partial charge on any atom is -0.305 e. The van der Waals surface area contributed by atoms with Crippen LogP contribution in [0.5, 0.6) is 0 Å². The molecule has 0 aromatic carbocycles. The van der Waals surface area contributed by atoms with E-state index in [0.29, 0.717) is 0 Å². The van der Waals surface area contributed by atoms with Gasteiger partial charge in [-0.05, 0) is 39.5 Å². The molecule has 2 aromatic rings. The van der Waals surface area contributed by atoms with Crippen molar-refractivity contribution in [1.82, 2.24) is 20.3 Å². The van der Waals surface area contributed by atoms with E-state index in [1.165, 1.54) is 5.56 Å². The quantitative estimate of drug-likeness (QED) is 0.942. The second-order valence-electron chi connectivity index (χ2n) is 3.46. The highest BCUT2D eigenvalue weighted by atomic mass is 79.9. The Bertz CT molecular complexity index is 465. The molecular weight excluding hydrogens is 288 g/mol. The van der Waals surface area contributed by atoms with Gasteiger partial charge in [-0.25, -0.2) is 0 Å². The van der Waals surface area contributed by atoms with E-state index >= 15 is 0 Å². The average Bonchev–Trinajstić information content (AvgIpc) is 2.84. The Morgan fingerprint density at radius 3 is 2.94 bits per heavy atom. The molecule has 6 heteroatoms. The SMILES string of the molecule is CCNC(c1csc(Br)c1)c1cnnn1C. The molecule has 16 heavy (non-hydrogen) atoms. The van der Waals surface area contributed by atoms with Gasteiger partial charge in [0, 0.05) is 7.05 Å². The summed E-state index contributed by atoms with van der Waals surface area (Å²) in [5.74, 6) is 0. The Kier molecular flexibility index (Phi) is 3.73. The molecule has 1 atom stereocenters. The molecule has 2 rings (SSSR count). The van der Waals surface area contributed by atoms with Crippen molar-refractivity contribution in [3.05, 3.63) is 32.7 Å². The Balaban J connectivity index is 2.34. The summed E-state index contributed by atoms with van der Waals surface area (Å²) in [7, 11) is 1.91. The zero-order valence-electron chi connectivity index (χ0n) is 9.14. The van der Waals surface area contributed by atoms with Crippen LogP contribution in [0.15, 0.2) is 21.4 Å². The van der Waals surface area contributed by atoms with Gasteiger partial charge in [0.25, 0.3) is 0 Å². The summed E-state index contributed by atoms with van der Waals surface area (Å²) in [6.07, 6.45) is 1.80. The summed E-state index contributed by atoms with van der Waals surface area (Å²) in [4.78, 5) is 0. The van der Waals surface area contributed by atoms with Crippen LogP contribution in [0.3, 0.4) is 0 Å². The first-order chi connectivity index (χ1) is 7.72. The highest BCUT2D eigenvalue weighted by Gasteiger charge is 2.17. The van der Waals surface area contributed by atoms with Crippen molar-refractivity contribution in [2.24, 2.45) is 7.05 Å². The van der Waals surface area contributed by atoms with Gasteiger partial charge in [-0.2, -0.15) is 0 Å². The Morgan fingerprint density at radius 2 is 2.44 bits per heavy atom. The van der Waals surface area contributed by atoms with Gasteiger partial charge in [0.05, 0.1) is 21.7 Å². The standard InChI is InChI=1S/C10H13BrN4S/c1-3-12-10(7-4-9(11)16-6-7)8-5-13-14-15(8)2/h4-6,10,12H,3H2,1-2H3. The summed E-state index contributed by atoms with van der Waals surface area (Å²) in [6.45, 7) is 3.00. The molecule has 1 N–H and O–H groups in total. The largest absolute Gasteiger partial charge is 0.305 e. The lowest BCUT2D eigenvalue weighted by atomic mass is 10.1. The lowest BCUT2D eigenvalue weighted by Gasteiger charge is -2.16. The van der Waals surface area contributed by atoms with Crippen LogP contribution in [0.1, 0.15) is 24.2 Å². The van der Waals surface area contributed by atoms with Gasteiger partial charge in [-0.3, -0.25) is 4.68 Å². The maximum Gasteiger partial charge on any atom is 0.0798 e. The van der Waals surface area contributed by atoms with Gasteiger partial charge >= 0.3 is 0 Å². The molecule has 0 saturated carbocycles. The minimum atomic E-state index is 0.160. The second kappa shape index (κ2) is 5.07. The fourth-order valence-electron chi connectivity index (χ4n) is 1.63. The maximum atomic E-state index is 3.97. The van der Waals surface area contributed by atoms with Crippen LogP contribution in [-0.4, -0.2) is 21.5 Å². The van der Waals surface area contributed by atoms with Crippen LogP contribution >= 0.6 is 27.3 Å². The predicted molar refractivity (Wildman–Crippen MR) is 68.5 cm³/mol. The zero-order chi connectivity index (χ0) is 11.5. The normalized spacial score (nSPS) is 12.9. The van der Waals surface area contributed by atoms with Crippen LogP contribution in [-0.2, 0) is 7.05 Å². The third-order valence-corrected chi connectivity index (χ3v) is 3.90. The average molecular weight is 301 g/mol. The molecule has 2 aromatic heterocycles. The number of hydrogen-bond acceptors (Lipinski definition) is 4. The van der Waals surface area contributed by atoms with E-state index < -0.39 is 0 Å². The number of aryl methyl sites for hydroxylation is 1. The first-order valence-corrected chi connectivity index (χ1v) is 6.71. The zero-order valence-corrected chi connectivity index (χ0v) is 11.5. The molecule has 2 heterocycles. The lowest BCUT2D eigenvalue weighted by Crippen LogP contribution is -2.23. The summed E-state index contributed by atoms with van der Waals surface area (Å²) < 4.78 is 2.94. The molecular formula is C10H13BrN4S. The van der Waals surface area contributed by atoms with Crippen LogP contribution in [0.2, 0.25) is 0 Å². The van der Waals surface area contributed by atoms with Crippen LogP contribution in [0.25, 0.3) is 0 Å². The monoisotopic (exact) mass is 300 g/mol. The first-order valence-electron chi connectivity index (χ1n) is 5.04. The molecule has 86 valence electrons. The van der Waals surface area contributed by atoms with E-state index in [9.17, 15) is 0 Å². The fourth-order valence-corrected chi connectivity index (χ4v) is 2.83. The van der Waals surface area contributed by atoms with Crippen molar-refractivity contribution in [3.8, 4) is 0 Å². The number of nitrogens with zero attached hydrogens (tertiary/aromatic N) is 3. The van der Waals surface area contributed by atoms with Crippen LogP contribution in [0, 0.1) is 0 Å². The highest BCUT2D eigenvalue weighted by Crippen LogP contribution is 2.28. The molecule has 1 unspecified atom stereocenters. The van der Waals surface area contributed by atoms with Crippen molar-refractivity contribution in [3.63, 3.8) is 0 Å². The summed E-state index contributed by atoms with van der Waals surface area (Å²) in [5.41, 5.74) is 2.32. The minimum absolute atomic E-state index is 0.160. The van der Waals surface area contributed by atoms with Crippen molar-refractivity contribution < 1.29 is 0 Å². The number of thiophene rings is 1. The van der Waals surface area contributed by atoms with E-state index in [1.54, 1.807) is 22.2 Å². The molecule has 0 aliphatic heterocycles. The molecule has 0 fully saturated rings. The third kappa shape index (κ3) is 2.34. The molecule has 0 aliphatic rings. The molecule has 0 bridgehead atoms. The Hall–Kier alpha value is -0.720. The van der Waals surface area contributed by atoms with Crippen molar-refractivity contribution >= 4 is 27.3 Å². The van der Waals surface area contributed by atoms with E-state index in [0.717, 1.165) is 16.0 Å². The molecule has 0 amide bonds.